The normalized spacial score (nSPS) is 17.0. The third-order valence-corrected chi connectivity index (χ3v) is 4.30. The van der Waals surface area contributed by atoms with Gasteiger partial charge in [-0.15, -0.1) is 12.4 Å². The predicted molar refractivity (Wildman–Crippen MR) is 92.9 cm³/mol. The Morgan fingerprint density at radius 1 is 1.35 bits per heavy atom. The van der Waals surface area contributed by atoms with E-state index in [1.807, 2.05) is 40.7 Å². The van der Waals surface area contributed by atoms with Crippen LogP contribution in [0.4, 0.5) is 0 Å². The van der Waals surface area contributed by atoms with Gasteiger partial charge in [0.25, 0.3) is 0 Å². The first-order valence-electron chi connectivity index (χ1n) is 7.79. The van der Waals surface area contributed by atoms with E-state index in [1.165, 1.54) is 0 Å². The van der Waals surface area contributed by atoms with Crippen molar-refractivity contribution < 1.29 is 4.79 Å². The number of rotatable bonds is 3. The number of para-hydroxylation sites is 2. The lowest BCUT2D eigenvalue weighted by Gasteiger charge is -2.33. The fraction of sp³-hybridized carbons (Fsp3) is 0.500. The summed E-state index contributed by atoms with van der Waals surface area (Å²) in [5.74, 6) is 0.111. The fourth-order valence-electron chi connectivity index (χ4n) is 3.21. The van der Waals surface area contributed by atoms with Gasteiger partial charge in [0.15, 0.2) is 0 Å². The molecule has 1 aromatic heterocycles. The molecule has 1 saturated heterocycles. The molecular formula is C16H23ClN4O2. The van der Waals surface area contributed by atoms with Crippen LogP contribution >= 0.6 is 12.4 Å². The van der Waals surface area contributed by atoms with E-state index in [9.17, 15) is 9.59 Å². The lowest BCUT2D eigenvalue weighted by Crippen LogP contribution is -2.42. The first-order valence-corrected chi connectivity index (χ1v) is 7.79. The monoisotopic (exact) mass is 338 g/mol. The number of aromatic nitrogens is 2. The number of carbonyl (C=O) groups is 1. The Morgan fingerprint density at radius 2 is 2.00 bits per heavy atom. The number of H-pyrrole nitrogens is 1. The summed E-state index contributed by atoms with van der Waals surface area (Å²) in [5.41, 5.74) is 7.42. The van der Waals surface area contributed by atoms with E-state index in [-0.39, 0.29) is 36.1 Å². The molecule has 1 fully saturated rings. The molecule has 1 aliphatic rings. The molecule has 2 aromatic rings. The van der Waals surface area contributed by atoms with Gasteiger partial charge in [0, 0.05) is 31.6 Å². The number of likely N-dealkylation sites (tertiary alicyclic amines) is 1. The van der Waals surface area contributed by atoms with Gasteiger partial charge in [-0.1, -0.05) is 12.1 Å². The minimum atomic E-state index is -0.110. The standard InChI is InChI=1S/C16H22N4O2.ClH/c1-11(17)10-15(21)19-8-6-12(7-9-19)20-14-5-3-2-4-13(14)18-16(20)22;/h2-5,11-12H,6-10,17H2,1H3,(H,18,22);1H. The molecule has 3 rings (SSSR count). The Labute approximate surface area is 141 Å². The van der Waals surface area contributed by atoms with Gasteiger partial charge in [0.2, 0.25) is 5.91 Å². The van der Waals surface area contributed by atoms with E-state index in [2.05, 4.69) is 4.98 Å². The molecule has 126 valence electrons. The molecule has 0 radical (unpaired) electrons. The lowest BCUT2D eigenvalue weighted by molar-refractivity contribution is -0.132. The molecule has 0 spiro atoms. The minimum absolute atomic E-state index is 0. The molecule has 6 nitrogen and oxygen atoms in total. The molecule has 23 heavy (non-hydrogen) atoms. The summed E-state index contributed by atoms with van der Waals surface area (Å²) in [6.45, 7) is 3.21. The van der Waals surface area contributed by atoms with Crippen LogP contribution in [0.25, 0.3) is 11.0 Å². The van der Waals surface area contributed by atoms with Crippen LogP contribution in [0, 0.1) is 0 Å². The average molecular weight is 339 g/mol. The molecule has 7 heteroatoms. The van der Waals surface area contributed by atoms with Crippen LogP contribution in [0.3, 0.4) is 0 Å². The number of halogens is 1. The summed E-state index contributed by atoms with van der Waals surface area (Å²) in [4.78, 5) is 29.0. The first kappa shape index (κ1) is 17.6. The van der Waals surface area contributed by atoms with E-state index in [0.717, 1.165) is 23.9 Å². The Morgan fingerprint density at radius 3 is 2.65 bits per heavy atom. The van der Waals surface area contributed by atoms with E-state index >= 15 is 0 Å². The van der Waals surface area contributed by atoms with E-state index in [4.69, 9.17) is 5.73 Å². The Balaban J connectivity index is 0.00000192. The van der Waals surface area contributed by atoms with E-state index in [0.29, 0.717) is 19.5 Å². The molecule has 1 aromatic carbocycles. The number of aromatic amines is 1. The zero-order valence-corrected chi connectivity index (χ0v) is 14.0. The van der Waals surface area contributed by atoms with Crippen molar-refractivity contribution in [1.29, 1.82) is 0 Å². The van der Waals surface area contributed by atoms with Crippen molar-refractivity contribution in [2.45, 2.75) is 38.3 Å². The van der Waals surface area contributed by atoms with Crippen LogP contribution in [0.5, 0.6) is 0 Å². The van der Waals surface area contributed by atoms with E-state index < -0.39 is 0 Å². The molecule has 3 N–H and O–H groups in total. The molecule has 0 bridgehead atoms. The highest BCUT2D eigenvalue weighted by molar-refractivity contribution is 5.85. The topological polar surface area (TPSA) is 84.1 Å². The number of hydrogen-bond donors (Lipinski definition) is 2. The number of hydrogen-bond acceptors (Lipinski definition) is 3. The van der Waals surface area contributed by atoms with Crippen molar-refractivity contribution >= 4 is 29.3 Å². The highest BCUT2D eigenvalue weighted by atomic mass is 35.5. The summed E-state index contributed by atoms with van der Waals surface area (Å²) in [7, 11) is 0. The maximum atomic E-state index is 12.2. The van der Waals surface area contributed by atoms with Crippen molar-refractivity contribution in [2.24, 2.45) is 5.73 Å². The van der Waals surface area contributed by atoms with Crippen molar-refractivity contribution in [3.8, 4) is 0 Å². The molecule has 1 unspecified atom stereocenters. The van der Waals surface area contributed by atoms with E-state index in [1.54, 1.807) is 0 Å². The van der Waals surface area contributed by atoms with Crippen LogP contribution in [0.2, 0.25) is 0 Å². The molecule has 1 aliphatic heterocycles. The lowest BCUT2D eigenvalue weighted by atomic mass is 10.0. The fourth-order valence-corrected chi connectivity index (χ4v) is 3.21. The molecule has 1 atom stereocenters. The van der Waals surface area contributed by atoms with Gasteiger partial charge in [-0.2, -0.15) is 0 Å². The van der Waals surface area contributed by atoms with Crippen molar-refractivity contribution in [1.82, 2.24) is 14.5 Å². The van der Waals surface area contributed by atoms with Crippen LogP contribution in [0.15, 0.2) is 29.1 Å². The summed E-state index contributed by atoms with van der Waals surface area (Å²) in [6, 6.07) is 7.75. The first-order chi connectivity index (χ1) is 10.6. The number of piperidine rings is 1. The van der Waals surface area contributed by atoms with Crippen LogP contribution < -0.4 is 11.4 Å². The predicted octanol–water partition coefficient (Wildman–Crippen LogP) is 1.65. The van der Waals surface area contributed by atoms with Gasteiger partial charge < -0.3 is 15.6 Å². The van der Waals surface area contributed by atoms with Crippen molar-refractivity contribution in [3.05, 3.63) is 34.7 Å². The number of nitrogens with one attached hydrogen (secondary N) is 1. The zero-order chi connectivity index (χ0) is 15.7. The van der Waals surface area contributed by atoms with Crippen LogP contribution in [-0.2, 0) is 4.79 Å². The third kappa shape index (κ3) is 3.59. The van der Waals surface area contributed by atoms with Crippen molar-refractivity contribution in [2.75, 3.05) is 13.1 Å². The number of nitrogens with zero attached hydrogens (tertiary/aromatic N) is 2. The second-order valence-electron chi connectivity index (χ2n) is 6.11. The third-order valence-electron chi connectivity index (χ3n) is 4.30. The number of carbonyl (C=O) groups excluding carboxylic acids is 1. The smallest absolute Gasteiger partial charge is 0.326 e. The summed E-state index contributed by atoms with van der Waals surface area (Å²) in [5, 5.41) is 0. The van der Waals surface area contributed by atoms with Gasteiger partial charge in [-0.05, 0) is 31.9 Å². The number of nitrogens with two attached hydrogens (primary N) is 1. The van der Waals surface area contributed by atoms with Crippen LogP contribution in [0.1, 0.15) is 32.2 Å². The quantitative estimate of drug-likeness (QED) is 0.892. The summed E-state index contributed by atoms with van der Waals surface area (Å²) in [6.07, 6.45) is 1.98. The number of fused-ring (bicyclic) bond motifs is 1. The average Bonchev–Trinajstić information content (AvgIpc) is 2.82. The molecule has 0 aliphatic carbocycles. The SMILES string of the molecule is CC(N)CC(=O)N1CCC(n2c(=O)[nH]c3ccccc32)CC1.Cl. The molecular weight excluding hydrogens is 316 g/mol. The highest BCUT2D eigenvalue weighted by Gasteiger charge is 2.26. The summed E-state index contributed by atoms with van der Waals surface area (Å²) >= 11 is 0. The van der Waals surface area contributed by atoms with Gasteiger partial charge in [0.1, 0.15) is 0 Å². The number of amides is 1. The highest BCUT2D eigenvalue weighted by Crippen LogP contribution is 2.25. The van der Waals surface area contributed by atoms with Crippen molar-refractivity contribution in [3.63, 3.8) is 0 Å². The maximum absolute atomic E-state index is 12.2. The largest absolute Gasteiger partial charge is 0.342 e. The van der Waals surface area contributed by atoms with Gasteiger partial charge in [-0.3, -0.25) is 9.36 Å². The zero-order valence-electron chi connectivity index (χ0n) is 13.2. The van der Waals surface area contributed by atoms with Crippen LogP contribution in [-0.4, -0.2) is 39.5 Å². The Bertz CT molecular complexity index is 729. The molecule has 0 saturated carbocycles. The molecule has 2 heterocycles. The van der Waals surface area contributed by atoms with Gasteiger partial charge >= 0.3 is 5.69 Å². The second kappa shape index (κ2) is 7.19. The summed E-state index contributed by atoms with van der Waals surface area (Å²) < 4.78 is 1.84. The Kier molecular flexibility index (Phi) is 5.49. The molecule has 1 amide bonds. The second-order valence-corrected chi connectivity index (χ2v) is 6.11. The maximum Gasteiger partial charge on any atom is 0.326 e. The minimum Gasteiger partial charge on any atom is -0.342 e. The Hall–Kier alpha value is -1.79. The van der Waals surface area contributed by atoms with Gasteiger partial charge in [-0.25, -0.2) is 4.79 Å². The van der Waals surface area contributed by atoms with Gasteiger partial charge in [0.05, 0.1) is 11.0 Å². The number of imidazole rings is 1. The number of benzene rings is 1.